The van der Waals surface area contributed by atoms with Gasteiger partial charge < -0.3 is 20.3 Å². The number of hydrogen-bond donors (Lipinski definition) is 2. The summed E-state index contributed by atoms with van der Waals surface area (Å²) in [6.07, 6.45) is 3.70. The summed E-state index contributed by atoms with van der Waals surface area (Å²) in [5.41, 5.74) is 1.07. The van der Waals surface area contributed by atoms with Crippen molar-refractivity contribution in [3.05, 3.63) is 64.4 Å². The molecule has 2 bridgehead atoms. The molecule has 2 N–H and O–H groups in total. The molecule has 218 valence electrons. The highest BCUT2D eigenvalue weighted by Crippen LogP contribution is 2.58. The van der Waals surface area contributed by atoms with Crippen LogP contribution < -0.4 is 10.6 Å². The number of fused-ring (bicyclic) bond motifs is 1. The molecule has 9 heteroatoms. The zero-order valence-electron chi connectivity index (χ0n) is 23.7. The monoisotopic (exact) mass is 581 g/mol. The summed E-state index contributed by atoms with van der Waals surface area (Å²) in [6.45, 7) is 6.40. The Morgan fingerprint density at radius 3 is 2.59 bits per heavy atom. The molecule has 3 aliphatic heterocycles. The maximum atomic E-state index is 14.2. The molecule has 3 saturated heterocycles. The Hall–Kier alpha value is -2.97. The molecule has 0 aromatic heterocycles. The number of carbonyl (C=O) groups excluding carboxylic acids is 3. The van der Waals surface area contributed by atoms with Gasteiger partial charge >= 0.3 is 0 Å². The third-order valence-corrected chi connectivity index (χ3v) is 10.2. The SMILES string of the molecule is Cc1cc(Cl)cc(NC(=O)C2C3CCC4(O3)C2C(=O)N(Cc2ccc(F)cc2)C4C(=O)NC2CCCC(C)C2C)c1. The van der Waals surface area contributed by atoms with E-state index in [1.54, 1.807) is 29.2 Å². The number of likely N-dealkylation sites (tertiary alicyclic amines) is 1. The highest BCUT2D eigenvalue weighted by atomic mass is 35.5. The molecular weight excluding hydrogens is 545 g/mol. The van der Waals surface area contributed by atoms with E-state index in [0.717, 1.165) is 24.8 Å². The predicted octanol–water partition coefficient (Wildman–Crippen LogP) is 5.24. The van der Waals surface area contributed by atoms with Gasteiger partial charge in [0.25, 0.3) is 0 Å². The van der Waals surface area contributed by atoms with Crippen molar-refractivity contribution < 1.29 is 23.5 Å². The van der Waals surface area contributed by atoms with Crippen LogP contribution in [0.5, 0.6) is 0 Å². The van der Waals surface area contributed by atoms with Crippen LogP contribution in [0, 0.1) is 36.4 Å². The van der Waals surface area contributed by atoms with Gasteiger partial charge in [-0.2, -0.15) is 0 Å². The molecular formula is C32H37ClFN3O4. The number of nitrogens with zero attached hydrogens (tertiary/aromatic N) is 1. The van der Waals surface area contributed by atoms with Gasteiger partial charge in [-0.1, -0.05) is 50.4 Å². The highest BCUT2D eigenvalue weighted by Gasteiger charge is 2.74. The molecule has 2 aromatic carbocycles. The van der Waals surface area contributed by atoms with Gasteiger partial charge in [0.05, 0.1) is 17.9 Å². The fourth-order valence-corrected chi connectivity index (χ4v) is 8.08. The van der Waals surface area contributed by atoms with Crippen molar-refractivity contribution in [1.29, 1.82) is 0 Å². The van der Waals surface area contributed by atoms with Crippen molar-refractivity contribution in [2.75, 3.05) is 5.32 Å². The summed E-state index contributed by atoms with van der Waals surface area (Å²) < 4.78 is 20.2. The fraction of sp³-hybridized carbons (Fsp3) is 0.531. The molecule has 6 rings (SSSR count). The third-order valence-electron chi connectivity index (χ3n) is 9.96. The minimum absolute atomic E-state index is 0.00763. The molecule has 8 atom stereocenters. The second-order valence-electron chi connectivity index (χ2n) is 12.5. The lowest BCUT2D eigenvalue weighted by Crippen LogP contribution is -2.58. The molecule has 4 fully saturated rings. The zero-order valence-corrected chi connectivity index (χ0v) is 24.4. The van der Waals surface area contributed by atoms with E-state index >= 15 is 0 Å². The molecule has 1 saturated carbocycles. The Kier molecular flexibility index (Phi) is 7.35. The Labute approximate surface area is 245 Å². The van der Waals surface area contributed by atoms with E-state index in [1.807, 2.05) is 13.0 Å². The summed E-state index contributed by atoms with van der Waals surface area (Å²) >= 11 is 6.22. The van der Waals surface area contributed by atoms with Crippen molar-refractivity contribution in [3.63, 3.8) is 0 Å². The quantitative estimate of drug-likeness (QED) is 0.488. The Bertz CT molecular complexity index is 1350. The molecule has 41 heavy (non-hydrogen) atoms. The topological polar surface area (TPSA) is 87.7 Å². The van der Waals surface area contributed by atoms with Gasteiger partial charge in [-0.25, -0.2) is 4.39 Å². The number of amides is 3. The van der Waals surface area contributed by atoms with Crippen LogP contribution in [0.4, 0.5) is 10.1 Å². The molecule has 2 aromatic rings. The second kappa shape index (κ2) is 10.7. The number of anilines is 1. The second-order valence-corrected chi connectivity index (χ2v) is 13.0. The van der Waals surface area contributed by atoms with Gasteiger partial charge in [0.2, 0.25) is 17.7 Å². The predicted molar refractivity (Wildman–Crippen MR) is 153 cm³/mol. The first kappa shape index (κ1) is 28.2. The molecule has 0 radical (unpaired) electrons. The van der Waals surface area contributed by atoms with Crippen molar-refractivity contribution in [1.82, 2.24) is 10.2 Å². The minimum atomic E-state index is -1.10. The lowest BCUT2D eigenvalue weighted by molar-refractivity contribution is -0.142. The third kappa shape index (κ3) is 4.93. The van der Waals surface area contributed by atoms with Crippen LogP contribution in [0.1, 0.15) is 57.1 Å². The van der Waals surface area contributed by atoms with E-state index in [-0.39, 0.29) is 36.1 Å². The molecule has 1 aliphatic carbocycles. The van der Waals surface area contributed by atoms with Crippen LogP contribution in [-0.2, 0) is 25.7 Å². The van der Waals surface area contributed by atoms with Gasteiger partial charge in [0.1, 0.15) is 17.5 Å². The lowest BCUT2D eigenvalue weighted by atomic mass is 9.70. The lowest BCUT2D eigenvalue weighted by Gasteiger charge is -2.38. The summed E-state index contributed by atoms with van der Waals surface area (Å²) in [5, 5.41) is 6.75. The summed E-state index contributed by atoms with van der Waals surface area (Å²) in [7, 11) is 0. The van der Waals surface area contributed by atoms with Gasteiger partial charge in [0.15, 0.2) is 0 Å². The van der Waals surface area contributed by atoms with Gasteiger partial charge in [-0.15, -0.1) is 0 Å². The van der Waals surface area contributed by atoms with Crippen molar-refractivity contribution >= 4 is 35.0 Å². The number of ether oxygens (including phenoxy) is 1. The maximum absolute atomic E-state index is 14.2. The van der Waals surface area contributed by atoms with E-state index in [2.05, 4.69) is 24.5 Å². The molecule has 7 nitrogen and oxygen atoms in total. The van der Waals surface area contributed by atoms with Gasteiger partial charge in [-0.3, -0.25) is 14.4 Å². The van der Waals surface area contributed by atoms with Crippen molar-refractivity contribution in [3.8, 4) is 0 Å². The van der Waals surface area contributed by atoms with Crippen LogP contribution >= 0.6 is 11.6 Å². The molecule has 8 unspecified atom stereocenters. The molecule has 3 heterocycles. The Morgan fingerprint density at radius 2 is 1.85 bits per heavy atom. The maximum Gasteiger partial charge on any atom is 0.246 e. The van der Waals surface area contributed by atoms with E-state index < -0.39 is 29.6 Å². The van der Waals surface area contributed by atoms with E-state index in [4.69, 9.17) is 16.3 Å². The van der Waals surface area contributed by atoms with Crippen molar-refractivity contribution in [2.45, 2.75) is 83.2 Å². The largest absolute Gasteiger partial charge is 0.367 e. The molecule has 1 spiro atoms. The number of carbonyl (C=O) groups is 3. The molecule has 4 aliphatic rings. The number of benzene rings is 2. The van der Waals surface area contributed by atoms with Crippen molar-refractivity contribution in [2.24, 2.45) is 23.7 Å². The minimum Gasteiger partial charge on any atom is -0.367 e. The first-order valence-electron chi connectivity index (χ1n) is 14.7. The average molecular weight is 582 g/mol. The zero-order chi connectivity index (χ0) is 29.1. The normalized spacial score (nSPS) is 34.0. The van der Waals surface area contributed by atoms with Crippen LogP contribution in [0.3, 0.4) is 0 Å². The first-order valence-corrected chi connectivity index (χ1v) is 15.1. The van der Waals surface area contributed by atoms with Crippen LogP contribution in [-0.4, -0.2) is 46.4 Å². The van der Waals surface area contributed by atoms with E-state index in [9.17, 15) is 18.8 Å². The Balaban J connectivity index is 1.32. The number of hydrogen-bond acceptors (Lipinski definition) is 4. The van der Waals surface area contributed by atoms with Crippen LogP contribution in [0.15, 0.2) is 42.5 Å². The summed E-state index contributed by atoms with van der Waals surface area (Å²) in [5.74, 6) is -1.93. The number of aryl methyl sites for hydroxylation is 1. The summed E-state index contributed by atoms with van der Waals surface area (Å²) in [6, 6.07) is 10.4. The number of halogens is 2. The summed E-state index contributed by atoms with van der Waals surface area (Å²) in [4.78, 5) is 43.7. The van der Waals surface area contributed by atoms with Crippen LogP contribution in [0.2, 0.25) is 5.02 Å². The smallest absolute Gasteiger partial charge is 0.246 e. The fourth-order valence-electron chi connectivity index (χ4n) is 7.79. The highest BCUT2D eigenvalue weighted by molar-refractivity contribution is 6.31. The standard InChI is InChI=1S/C32H37ClFN3O4/c1-17-13-21(33)15-23(14-17)35-29(38)26-25-11-12-32(41-25)27(26)31(40)37(16-20-7-9-22(34)10-8-20)28(32)30(39)36-24-6-4-5-18(2)19(24)3/h7-10,13-15,18-19,24-28H,4-6,11-12,16H2,1-3H3,(H,35,38)(H,36,39). The number of rotatable bonds is 6. The average Bonchev–Trinajstić information content (AvgIpc) is 3.55. The van der Waals surface area contributed by atoms with E-state index in [0.29, 0.717) is 41.0 Å². The first-order chi connectivity index (χ1) is 19.6. The van der Waals surface area contributed by atoms with Gasteiger partial charge in [0, 0.05) is 23.3 Å². The van der Waals surface area contributed by atoms with Gasteiger partial charge in [-0.05, 0) is 79.5 Å². The van der Waals surface area contributed by atoms with Crippen LogP contribution in [0.25, 0.3) is 0 Å². The Morgan fingerprint density at radius 1 is 1.10 bits per heavy atom. The van der Waals surface area contributed by atoms with E-state index in [1.165, 1.54) is 12.1 Å². The molecule has 3 amide bonds. The number of nitrogens with one attached hydrogen (secondary N) is 2.